The third kappa shape index (κ3) is 4.56. The Labute approximate surface area is 114 Å². The van der Waals surface area contributed by atoms with E-state index in [1.165, 1.54) is 0 Å². The molecule has 0 radical (unpaired) electrons. The number of amides is 1. The van der Waals surface area contributed by atoms with E-state index in [4.69, 9.17) is 4.74 Å². The highest BCUT2D eigenvalue weighted by atomic mass is 16.5. The van der Waals surface area contributed by atoms with Crippen LogP contribution >= 0.6 is 0 Å². The lowest BCUT2D eigenvalue weighted by Gasteiger charge is -2.22. The van der Waals surface area contributed by atoms with Gasteiger partial charge in [0.1, 0.15) is 0 Å². The molecule has 0 bridgehead atoms. The summed E-state index contributed by atoms with van der Waals surface area (Å²) in [6.07, 6.45) is 2.72. The van der Waals surface area contributed by atoms with Gasteiger partial charge >= 0.3 is 0 Å². The second-order valence-electron chi connectivity index (χ2n) is 4.98. The molecule has 2 N–H and O–H groups in total. The minimum absolute atomic E-state index is 0.0444. The number of rotatable bonds is 5. The van der Waals surface area contributed by atoms with Gasteiger partial charge in [-0.3, -0.25) is 4.79 Å². The van der Waals surface area contributed by atoms with Crippen molar-refractivity contribution >= 4 is 11.6 Å². The summed E-state index contributed by atoms with van der Waals surface area (Å²) in [5.41, 5.74) is 2.16. The third-order valence-corrected chi connectivity index (χ3v) is 3.53. The molecule has 1 saturated heterocycles. The number of carbonyl (C=O) groups excluding carboxylic acids is 1. The fourth-order valence-electron chi connectivity index (χ4n) is 2.23. The zero-order chi connectivity index (χ0) is 13.5. The fraction of sp³-hybridized carbons (Fsp3) is 0.533. The van der Waals surface area contributed by atoms with E-state index in [-0.39, 0.29) is 5.91 Å². The molecule has 1 aromatic carbocycles. The van der Waals surface area contributed by atoms with Gasteiger partial charge in [0, 0.05) is 32.5 Å². The molecule has 0 saturated carbocycles. The Morgan fingerprint density at radius 1 is 1.26 bits per heavy atom. The molecule has 0 atom stereocenters. The third-order valence-electron chi connectivity index (χ3n) is 3.53. The van der Waals surface area contributed by atoms with Crippen LogP contribution in [0.15, 0.2) is 24.3 Å². The zero-order valence-electron chi connectivity index (χ0n) is 11.4. The van der Waals surface area contributed by atoms with Crippen LogP contribution in [0.5, 0.6) is 0 Å². The van der Waals surface area contributed by atoms with Crippen molar-refractivity contribution in [1.82, 2.24) is 5.32 Å². The quantitative estimate of drug-likeness (QED) is 0.851. The molecule has 1 aliphatic rings. The molecule has 4 nitrogen and oxygen atoms in total. The van der Waals surface area contributed by atoms with Crippen LogP contribution in [0.3, 0.4) is 0 Å². The van der Waals surface area contributed by atoms with Crippen molar-refractivity contribution in [2.75, 3.05) is 32.1 Å². The topological polar surface area (TPSA) is 50.4 Å². The highest BCUT2D eigenvalue weighted by Gasteiger charge is 2.13. The van der Waals surface area contributed by atoms with Crippen molar-refractivity contribution in [3.05, 3.63) is 29.8 Å². The first-order valence-corrected chi connectivity index (χ1v) is 6.89. The number of benzene rings is 1. The fourth-order valence-corrected chi connectivity index (χ4v) is 2.23. The highest BCUT2D eigenvalue weighted by molar-refractivity contribution is 5.78. The lowest BCUT2D eigenvalue weighted by atomic mass is 10.0. The van der Waals surface area contributed by atoms with Crippen LogP contribution in [0.1, 0.15) is 18.4 Å². The number of hydrogen-bond acceptors (Lipinski definition) is 3. The summed E-state index contributed by atoms with van der Waals surface area (Å²) in [6.45, 7) is 2.77. The molecule has 0 unspecified atom stereocenters. The Balaban J connectivity index is 1.79. The average molecular weight is 262 g/mol. The van der Waals surface area contributed by atoms with Crippen molar-refractivity contribution in [3.8, 4) is 0 Å². The molecule has 1 amide bonds. The first-order chi connectivity index (χ1) is 9.28. The molecule has 19 heavy (non-hydrogen) atoms. The number of ether oxygens (including phenoxy) is 1. The molecular formula is C15H22N2O2. The van der Waals surface area contributed by atoms with Gasteiger partial charge in [0.15, 0.2) is 0 Å². The Morgan fingerprint density at radius 2 is 1.95 bits per heavy atom. The monoisotopic (exact) mass is 262 g/mol. The molecule has 1 heterocycles. The summed E-state index contributed by atoms with van der Waals surface area (Å²) in [7, 11) is 1.66. The van der Waals surface area contributed by atoms with Gasteiger partial charge < -0.3 is 15.4 Å². The first kappa shape index (κ1) is 13.9. The smallest absolute Gasteiger partial charge is 0.224 e. The molecule has 1 fully saturated rings. The molecule has 1 aromatic rings. The van der Waals surface area contributed by atoms with Crippen molar-refractivity contribution in [2.24, 2.45) is 5.92 Å². The molecule has 4 heteroatoms. The van der Waals surface area contributed by atoms with E-state index >= 15 is 0 Å². The second kappa shape index (κ2) is 7.14. The second-order valence-corrected chi connectivity index (χ2v) is 4.98. The first-order valence-electron chi connectivity index (χ1n) is 6.89. The summed E-state index contributed by atoms with van der Waals surface area (Å²) in [5.74, 6) is 0.752. The van der Waals surface area contributed by atoms with Crippen LogP contribution in [0.25, 0.3) is 0 Å². The van der Waals surface area contributed by atoms with Crippen molar-refractivity contribution < 1.29 is 9.53 Å². The van der Waals surface area contributed by atoms with Gasteiger partial charge in [0.05, 0.1) is 6.42 Å². The van der Waals surface area contributed by atoms with Crippen LogP contribution < -0.4 is 10.6 Å². The predicted molar refractivity (Wildman–Crippen MR) is 76.2 cm³/mol. The van der Waals surface area contributed by atoms with Crippen molar-refractivity contribution in [1.29, 1.82) is 0 Å². The van der Waals surface area contributed by atoms with Crippen LogP contribution in [0.2, 0.25) is 0 Å². The minimum Gasteiger partial charge on any atom is -0.385 e. The SMILES string of the molecule is CNC(=O)Cc1ccc(NCC2CCOCC2)cc1. The standard InChI is InChI=1S/C15H22N2O2/c1-16-15(18)10-12-2-4-14(5-3-12)17-11-13-6-8-19-9-7-13/h2-5,13,17H,6-11H2,1H3,(H,16,18). The number of carbonyl (C=O) groups is 1. The highest BCUT2D eigenvalue weighted by Crippen LogP contribution is 2.16. The molecule has 2 rings (SSSR count). The van der Waals surface area contributed by atoms with Gasteiger partial charge in [0.2, 0.25) is 5.91 Å². The van der Waals surface area contributed by atoms with Gasteiger partial charge in [-0.15, -0.1) is 0 Å². The van der Waals surface area contributed by atoms with E-state index in [1.54, 1.807) is 7.05 Å². The van der Waals surface area contributed by atoms with Gasteiger partial charge in [-0.2, -0.15) is 0 Å². The molecule has 0 aromatic heterocycles. The lowest BCUT2D eigenvalue weighted by Crippen LogP contribution is -2.22. The normalized spacial score (nSPS) is 16.1. The Hall–Kier alpha value is -1.55. The molecular weight excluding hydrogens is 240 g/mol. The minimum atomic E-state index is 0.0444. The summed E-state index contributed by atoms with van der Waals surface area (Å²) in [4.78, 5) is 11.3. The summed E-state index contributed by atoms with van der Waals surface area (Å²) >= 11 is 0. The summed E-state index contributed by atoms with van der Waals surface area (Å²) < 4.78 is 5.35. The van der Waals surface area contributed by atoms with Crippen molar-refractivity contribution in [2.45, 2.75) is 19.3 Å². The Bertz CT molecular complexity index is 397. The molecule has 0 spiro atoms. The average Bonchev–Trinajstić information content (AvgIpc) is 2.47. The number of anilines is 1. The van der Waals surface area contributed by atoms with E-state index in [2.05, 4.69) is 10.6 Å². The maximum Gasteiger partial charge on any atom is 0.224 e. The largest absolute Gasteiger partial charge is 0.385 e. The van der Waals surface area contributed by atoms with Crippen molar-refractivity contribution in [3.63, 3.8) is 0 Å². The number of hydrogen-bond donors (Lipinski definition) is 2. The Kier molecular flexibility index (Phi) is 5.21. The number of nitrogens with one attached hydrogen (secondary N) is 2. The maximum absolute atomic E-state index is 11.3. The van der Waals surface area contributed by atoms with E-state index in [0.717, 1.165) is 43.9 Å². The molecule has 0 aliphatic carbocycles. The van der Waals surface area contributed by atoms with Gasteiger partial charge in [-0.25, -0.2) is 0 Å². The van der Waals surface area contributed by atoms with Crippen LogP contribution in [-0.2, 0) is 16.0 Å². The Morgan fingerprint density at radius 3 is 2.58 bits per heavy atom. The predicted octanol–water partition coefficient (Wildman–Crippen LogP) is 1.81. The van der Waals surface area contributed by atoms with E-state index in [1.807, 2.05) is 24.3 Å². The summed E-state index contributed by atoms with van der Waals surface area (Å²) in [5, 5.41) is 6.08. The van der Waals surface area contributed by atoms with Gasteiger partial charge in [0.25, 0.3) is 0 Å². The van der Waals surface area contributed by atoms with E-state index in [9.17, 15) is 4.79 Å². The van der Waals surface area contributed by atoms with Crippen LogP contribution in [0.4, 0.5) is 5.69 Å². The van der Waals surface area contributed by atoms with E-state index in [0.29, 0.717) is 12.3 Å². The zero-order valence-corrected chi connectivity index (χ0v) is 11.4. The number of likely N-dealkylation sites (N-methyl/N-ethyl adjacent to an activating group) is 1. The maximum atomic E-state index is 11.3. The van der Waals surface area contributed by atoms with Crippen LogP contribution in [-0.4, -0.2) is 32.7 Å². The van der Waals surface area contributed by atoms with Crippen LogP contribution in [0, 0.1) is 5.92 Å². The lowest BCUT2D eigenvalue weighted by molar-refractivity contribution is -0.119. The molecule has 104 valence electrons. The van der Waals surface area contributed by atoms with E-state index < -0.39 is 0 Å². The van der Waals surface area contributed by atoms with Gasteiger partial charge in [-0.1, -0.05) is 12.1 Å². The van der Waals surface area contributed by atoms with Gasteiger partial charge in [-0.05, 0) is 36.5 Å². The molecule has 1 aliphatic heterocycles. The summed E-state index contributed by atoms with van der Waals surface area (Å²) in [6, 6.07) is 8.08.